The van der Waals surface area contributed by atoms with Crippen LogP contribution in [0.4, 0.5) is 10.1 Å². The summed E-state index contributed by atoms with van der Waals surface area (Å²) >= 11 is 0. The summed E-state index contributed by atoms with van der Waals surface area (Å²) in [7, 11) is 0. The largest absolute Gasteiger partial charge is 0.382 e. The second-order valence-corrected chi connectivity index (χ2v) is 6.05. The van der Waals surface area contributed by atoms with Crippen LogP contribution in [0.25, 0.3) is 11.4 Å². The Morgan fingerprint density at radius 3 is 2.61 bits per heavy atom. The topological polar surface area (TPSA) is 63.8 Å². The lowest BCUT2D eigenvalue weighted by Crippen LogP contribution is -2.12. The highest BCUT2D eigenvalue weighted by molar-refractivity contribution is 5.58. The third-order valence-electron chi connectivity index (χ3n) is 4.36. The zero-order valence-electron chi connectivity index (χ0n) is 13.3. The summed E-state index contributed by atoms with van der Waals surface area (Å²) in [5.74, 6) is 0.902. The van der Waals surface area contributed by atoms with Crippen LogP contribution < -0.4 is 11.1 Å². The molecule has 122 valence electrons. The fourth-order valence-corrected chi connectivity index (χ4v) is 3.10. The lowest BCUT2D eigenvalue weighted by Gasteiger charge is -2.16. The molecule has 1 saturated carbocycles. The minimum Gasteiger partial charge on any atom is -0.382 e. The molecule has 23 heavy (non-hydrogen) atoms. The molecule has 1 fully saturated rings. The van der Waals surface area contributed by atoms with Gasteiger partial charge in [-0.1, -0.05) is 12.8 Å². The van der Waals surface area contributed by atoms with Crippen molar-refractivity contribution in [1.29, 1.82) is 0 Å². The SMILES string of the molecule is NCCCNc1cnc(-c2ccc(F)cc2)nc1C1CCCC1. The molecule has 0 unspecified atom stereocenters. The molecule has 0 bridgehead atoms. The molecule has 5 heteroatoms. The van der Waals surface area contributed by atoms with Gasteiger partial charge in [-0.15, -0.1) is 0 Å². The first kappa shape index (κ1) is 15.9. The van der Waals surface area contributed by atoms with Crippen LogP contribution in [0.2, 0.25) is 0 Å². The number of nitrogens with zero attached hydrogens (tertiary/aromatic N) is 2. The van der Waals surface area contributed by atoms with Gasteiger partial charge in [0.05, 0.1) is 17.6 Å². The second kappa shape index (κ2) is 7.51. The van der Waals surface area contributed by atoms with Crippen molar-refractivity contribution in [2.45, 2.75) is 38.0 Å². The van der Waals surface area contributed by atoms with Crippen molar-refractivity contribution in [3.63, 3.8) is 0 Å². The van der Waals surface area contributed by atoms with E-state index in [9.17, 15) is 4.39 Å². The Labute approximate surface area is 136 Å². The molecule has 0 saturated heterocycles. The highest BCUT2D eigenvalue weighted by Gasteiger charge is 2.22. The molecule has 0 spiro atoms. The number of benzene rings is 1. The highest BCUT2D eigenvalue weighted by Crippen LogP contribution is 2.37. The van der Waals surface area contributed by atoms with Gasteiger partial charge in [0.2, 0.25) is 0 Å². The van der Waals surface area contributed by atoms with Gasteiger partial charge in [-0.3, -0.25) is 0 Å². The third kappa shape index (κ3) is 3.85. The van der Waals surface area contributed by atoms with Gasteiger partial charge in [0.25, 0.3) is 0 Å². The summed E-state index contributed by atoms with van der Waals surface area (Å²) in [6.45, 7) is 1.50. The van der Waals surface area contributed by atoms with E-state index in [0.29, 0.717) is 18.3 Å². The molecule has 3 rings (SSSR count). The predicted octanol–water partition coefficient (Wildman–Crippen LogP) is 3.70. The van der Waals surface area contributed by atoms with Crippen molar-refractivity contribution in [3.8, 4) is 11.4 Å². The van der Waals surface area contributed by atoms with Gasteiger partial charge in [0, 0.05) is 18.0 Å². The first-order valence-corrected chi connectivity index (χ1v) is 8.35. The maximum atomic E-state index is 13.1. The van der Waals surface area contributed by atoms with Crippen LogP contribution in [0.1, 0.15) is 43.7 Å². The van der Waals surface area contributed by atoms with Crippen molar-refractivity contribution < 1.29 is 4.39 Å². The molecule has 1 aromatic heterocycles. The normalized spacial score (nSPS) is 15.0. The molecule has 3 N–H and O–H groups in total. The zero-order valence-corrected chi connectivity index (χ0v) is 13.3. The van der Waals surface area contributed by atoms with E-state index in [1.165, 1.54) is 37.8 Å². The second-order valence-electron chi connectivity index (χ2n) is 6.05. The number of hydrogen-bond donors (Lipinski definition) is 2. The maximum absolute atomic E-state index is 13.1. The fraction of sp³-hybridized carbons (Fsp3) is 0.444. The van der Waals surface area contributed by atoms with Crippen molar-refractivity contribution in [2.75, 3.05) is 18.4 Å². The van der Waals surface area contributed by atoms with Gasteiger partial charge >= 0.3 is 0 Å². The van der Waals surface area contributed by atoms with E-state index in [4.69, 9.17) is 10.7 Å². The summed E-state index contributed by atoms with van der Waals surface area (Å²) in [6.07, 6.45) is 7.63. The Bertz CT molecular complexity index is 636. The van der Waals surface area contributed by atoms with E-state index in [2.05, 4.69) is 10.3 Å². The average molecular weight is 314 g/mol. The molecule has 0 amide bonds. The molecule has 1 aliphatic carbocycles. The Balaban J connectivity index is 1.90. The monoisotopic (exact) mass is 314 g/mol. The Morgan fingerprint density at radius 2 is 1.91 bits per heavy atom. The van der Waals surface area contributed by atoms with Crippen LogP contribution in [0.5, 0.6) is 0 Å². The number of aromatic nitrogens is 2. The number of halogens is 1. The van der Waals surface area contributed by atoms with Crippen LogP contribution in [0.15, 0.2) is 30.5 Å². The molecule has 0 aliphatic heterocycles. The molecular formula is C18H23FN4. The van der Waals surface area contributed by atoms with E-state index in [0.717, 1.165) is 29.9 Å². The lowest BCUT2D eigenvalue weighted by atomic mass is 10.0. The first-order chi connectivity index (χ1) is 11.3. The Hall–Kier alpha value is -2.01. The maximum Gasteiger partial charge on any atom is 0.159 e. The first-order valence-electron chi connectivity index (χ1n) is 8.35. The van der Waals surface area contributed by atoms with Gasteiger partial charge in [-0.05, 0) is 50.1 Å². The molecule has 1 aliphatic rings. The molecule has 0 radical (unpaired) electrons. The number of nitrogens with two attached hydrogens (primary N) is 1. The van der Waals surface area contributed by atoms with Gasteiger partial charge in [-0.25, -0.2) is 14.4 Å². The summed E-state index contributed by atoms with van der Waals surface area (Å²) in [5.41, 5.74) is 8.51. The van der Waals surface area contributed by atoms with Gasteiger partial charge in [-0.2, -0.15) is 0 Å². The highest BCUT2D eigenvalue weighted by atomic mass is 19.1. The van der Waals surface area contributed by atoms with Crippen molar-refractivity contribution in [1.82, 2.24) is 9.97 Å². The zero-order chi connectivity index (χ0) is 16.1. The Morgan fingerprint density at radius 1 is 1.17 bits per heavy atom. The van der Waals surface area contributed by atoms with E-state index < -0.39 is 0 Å². The lowest BCUT2D eigenvalue weighted by molar-refractivity contribution is 0.628. The predicted molar refractivity (Wildman–Crippen MR) is 90.8 cm³/mol. The van der Waals surface area contributed by atoms with Crippen LogP contribution >= 0.6 is 0 Å². The van der Waals surface area contributed by atoms with Crippen molar-refractivity contribution in [2.24, 2.45) is 5.73 Å². The van der Waals surface area contributed by atoms with Gasteiger partial charge in [0.15, 0.2) is 5.82 Å². The molecule has 1 heterocycles. The smallest absolute Gasteiger partial charge is 0.159 e. The van der Waals surface area contributed by atoms with E-state index in [1.807, 2.05) is 6.20 Å². The number of hydrogen-bond acceptors (Lipinski definition) is 4. The van der Waals surface area contributed by atoms with E-state index >= 15 is 0 Å². The number of nitrogens with one attached hydrogen (secondary N) is 1. The average Bonchev–Trinajstić information content (AvgIpc) is 3.10. The van der Waals surface area contributed by atoms with Crippen LogP contribution in [-0.2, 0) is 0 Å². The standard InChI is InChI=1S/C18H23FN4/c19-15-8-6-14(7-9-15)18-22-12-16(21-11-3-10-20)17(23-18)13-4-1-2-5-13/h6-9,12-13,21H,1-5,10-11,20H2. The minimum atomic E-state index is -0.246. The van der Waals surface area contributed by atoms with Crippen LogP contribution in [-0.4, -0.2) is 23.1 Å². The number of rotatable bonds is 6. The van der Waals surface area contributed by atoms with Gasteiger partial charge in [0.1, 0.15) is 5.82 Å². The third-order valence-corrected chi connectivity index (χ3v) is 4.36. The molecular weight excluding hydrogens is 291 g/mol. The van der Waals surface area contributed by atoms with Crippen LogP contribution in [0, 0.1) is 5.82 Å². The summed E-state index contributed by atoms with van der Waals surface area (Å²) in [5, 5.41) is 3.41. The summed E-state index contributed by atoms with van der Waals surface area (Å²) in [4.78, 5) is 9.27. The van der Waals surface area contributed by atoms with Crippen molar-refractivity contribution in [3.05, 3.63) is 42.0 Å². The van der Waals surface area contributed by atoms with Crippen molar-refractivity contribution >= 4 is 5.69 Å². The van der Waals surface area contributed by atoms with Crippen LogP contribution in [0.3, 0.4) is 0 Å². The van der Waals surface area contributed by atoms with E-state index in [-0.39, 0.29) is 5.82 Å². The summed E-state index contributed by atoms with van der Waals surface area (Å²) < 4.78 is 13.1. The minimum absolute atomic E-state index is 0.246. The quantitative estimate of drug-likeness (QED) is 0.798. The molecule has 2 aromatic rings. The molecule has 1 aromatic carbocycles. The van der Waals surface area contributed by atoms with E-state index in [1.54, 1.807) is 12.1 Å². The summed E-state index contributed by atoms with van der Waals surface area (Å²) in [6, 6.07) is 6.35. The Kier molecular flexibility index (Phi) is 5.18. The molecule has 0 atom stereocenters. The fourth-order valence-electron chi connectivity index (χ4n) is 3.10. The number of anilines is 1. The molecule has 4 nitrogen and oxygen atoms in total. The van der Waals surface area contributed by atoms with Gasteiger partial charge < -0.3 is 11.1 Å².